The van der Waals surface area contributed by atoms with Crippen molar-refractivity contribution in [2.45, 2.75) is 27.3 Å². The van der Waals surface area contributed by atoms with Crippen molar-refractivity contribution < 1.29 is 4.74 Å². The normalized spacial score (nSPS) is 10.6. The third-order valence-corrected chi connectivity index (χ3v) is 3.05. The van der Waals surface area contributed by atoms with Crippen LogP contribution in [0.25, 0.3) is 0 Å². The van der Waals surface area contributed by atoms with Gasteiger partial charge in [0, 0.05) is 12.2 Å². The van der Waals surface area contributed by atoms with Crippen molar-refractivity contribution in [2.24, 2.45) is 5.92 Å². The molecule has 2 heteroatoms. The highest BCUT2D eigenvalue weighted by Crippen LogP contribution is 2.17. The molecule has 0 saturated heterocycles. The van der Waals surface area contributed by atoms with E-state index in [-0.39, 0.29) is 0 Å². The first-order valence-electron chi connectivity index (χ1n) is 7.16. The van der Waals surface area contributed by atoms with Crippen LogP contribution in [0.2, 0.25) is 0 Å². The van der Waals surface area contributed by atoms with Crippen LogP contribution >= 0.6 is 0 Å². The van der Waals surface area contributed by atoms with Crippen LogP contribution in [0.5, 0.6) is 5.75 Å². The Bertz CT molecular complexity index is 514. The molecular weight excluding hydrogens is 246 g/mol. The molecule has 20 heavy (non-hydrogen) atoms. The van der Waals surface area contributed by atoms with Crippen LogP contribution < -0.4 is 10.1 Å². The van der Waals surface area contributed by atoms with E-state index in [2.05, 4.69) is 62.5 Å². The van der Waals surface area contributed by atoms with E-state index in [1.807, 2.05) is 12.1 Å². The van der Waals surface area contributed by atoms with E-state index in [0.29, 0.717) is 5.92 Å². The van der Waals surface area contributed by atoms with E-state index >= 15 is 0 Å². The molecule has 0 bridgehead atoms. The van der Waals surface area contributed by atoms with E-state index in [1.165, 1.54) is 11.1 Å². The zero-order valence-corrected chi connectivity index (χ0v) is 12.5. The average Bonchev–Trinajstić information content (AvgIpc) is 2.45. The highest BCUT2D eigenvalue weighted by Gasteiger charge is 1.98. The number of hydrogen-bond acceptors (Lipinski definition) is 2. The lowest BCUT2D eigenvalue weighted by Crippen LogP contribution is -2.04. The Morgan fingerprint density at radius 3 is 2.20 bits per heavy atom. The molecule has 2 aromatic rings. The Morgan fingerprint density at radius 2 is 1.60 bits per heavy atom. The summed E-state index contributed by atoms with van der Waals surface area (Å²) in [6.45, 7) is 8.00. The molecule has 0 amide bonds. The van der Waals surface area contributed by atoms with Crippen LogP contribution in [0.15, 0.2) is 48.5 Å². The fraction of sp³-hybridized carbons (Fsp3) is 0.333. The number of ether oxygens (including phenoxy) is 1. The summed E-state index contributed by atoms with van der Waals surface area (Å²) in [7, 11) is 0. The van der Waals surface area contributed by atoms with Gasteiger partial charge in [0.15, 0.2) is 0 Å². The molecule has 2 nitrogen and oxygen atoms in total. The monoisotopic (exact) mass is 269 g/mol. The molecule has 0 spiro atoms. The van der Waals surface area contributed by atoms with Crippen molar-refractivity contribution in [2.75, 3.05) is 11.9 Å². The van der Waals surface area contributed by atoms with Gasteiger partial charge in [0.25, 0.3) is 0 Å². The number of aryl methyl sites for hydroxylation is 1. The Morgan fingerprint density at radius 1 is 0.950 bits per heavy atom. The predicted molar refractivity (Wildman–Crippen MR) is 85.3 cm³/mol. The molecule has 1 N–H and O–H groups in total. The topological polar surface area (TPSA) is 21.3 Å². The van der Waals surface area contributed by atoms with Gasteiger partial charge in [-0.25, -0.2) is 0 Å². The first kappa shape index (κ1) is 14.4. The van der Waals surface area contributed by atoms with Crippen molar-refractivity contribution in [3.8, 4) is 5.75 Å². The van der Waals surface area contributed by atoms with Gasteiger partial charge in [0.1, 0.15) is 5.75 Å². The molecule has 0 aliphatic heterocycles. The van der Waals surface area contributed by atoms with Gasteiger partial charge in [-0.15, -0.1) is 0 Å². The SMILES string of the molecule is Cc1ccc(CNc2ccc(OCC(C)C)cc2)cc1. The van der Waals surface area contributed by atoms with Crippen molar-refractivity contribution in [1.82, 2.24) is 0 Å². The van der Waals surface area contributed by atoms with Crippen LogP contribution in [-0.4, -0.2) is 6.61 Å². The van der Waals surface area contributed by atoms with E-state index < -0.39 is 0 Å². The first-order chi connectivity index (χ1) is 9.63. The summed E-state index contributed by atoms with van der Waals surface area (Å²) in [5.74, 6) is 1.48. The Kier molecular flexibility index (Phi) is 5.05. The predicted octanol–water partition coefficient (Wildman–Crippen LogP) is 4.64. The largest absolute Gasteiger partial charge is 0.493 e. The molecule has 0 unspecified atom stereocenters. The van der Waals surface area contributed by atoms with Crippen molar-refractivity contribution >= 4 is 5.69 Å². The summed E-state index contributed by atoms with van der Waals surface area (Å²) in [6, 6.07) is 16.7. The Hall–Kier alpha value is -1.96. The highest BCUT2D eigenvalue weighted by atomic mass is 16.5. The second-order valence-corrected chi connectivity index (χ2v) is 5.57. The molecule has 0 aliphatic rings. The van der Waals surface area contributed by atoms with Gasteiger partial charge in [0.05, 0.1) is 6.61 Å². The lowest BCUT2D eigenvalue weighted by Gasteiger charge is -2.10. The summed E-state index contributed by atoms with van der Waals surface area (Å²) in [5, 5.41) is 3.42. The summed E-state index contributed by atoms with van der Waals surface area (Å²) >= 11 is 0. The third-order valence-electron chi connectivity index (χ3n) is 3.05. The van der Waals surface area contributed by atoms with E-state index in [4.69, 9.17) is 4.74 Å². The number of nitrogens with one attached hydrogen (secondary N) is 1. The minimum atomic E-state index is 0.550. The minimum absolute atomic E-state index is 0.550. The lowest BCUT2D eigenvalue weighted by molar-refractivity contribution is 0.271. The molecule has 0 aliphatic carbocycles. The molecule has 0 fully saturated rings. The average molecular weight is 269 g/mol. The molecule has 2 rings (SSSR count). The molecule has 0 saturated carbocycles. The van der Waals surface area contributed by atoms with Gasteiger partial charge in [-0.2, -0.15) is 0 Å². The van der Waals surface area contributed by atoms with Crippen molar-refractivity contribution in [1.29, 1.82) is 0 Å². The highest BCUT2D eigenvalue weighted by molar-refractivity contribution is 5.46. The summed E-state index contributed by atoms with van der Waals surface area (Å²) < 4.78 is 5.67. The minimum Gasteiger partial charge on any atom is -0.493 e. The first-order valence-corrected chi connectivity index (χ1v) is 7.16. The quantitative estimate of drug-likeness (QED) is 0.824. The van der Waals surface area contributed by atoms with Gasteiger partial charge in [-0.1, -0.05) is 43.7 Å². The molecule has 2 aromatic carbocycles. The molecular formula is C18H23NO. The van der Waals surface area contributed by atoms with Gasteiger partial charge < -0.3 is 10.1 Å². The van der Waals surface area contributed by atoms with Crippen LogP contribution in [0.1, 0.15) is 25.0 Å². The van der Waals surface area contributed by atoms with E-state index in [1.54, 1.807) is 0 Å². The maximum atomic E-state index is 5.67. The van der Waals surface area contributed by atoms with Crippen molar-refractivity contribution in [3.05, 3.63) is 59.7 Å². The smallest absolute Gasteiger partial charge is 0.119 e. The standard InChI is InChI=1S/C18H23NO/c1-14(2)13-20-18-10-8-17(9-11-18)19-12-16-6-4-15(3)5-7-16/h4-11,14,19H,12-13H2,1-3H3. The number of hydrogen-bond donors (Lipinski definition) is 1. The maximum absolute atomic E-state index is 5.67. The summed E-state index contributed by atoms with van der Waals surface area (Å²) in [4.78, 5) is 0. The van der Waals surface area contributed by atoms with Crippen LogP contribution in [0.4, 0.5) is 5.69 Å². The Balaban J connectivity index is 1.85. The molecule has 0 radical (unpaired) electrons. The molecule has 0 aromatic heterocycles. The second-order valence-electron chi connectivity index (χ2n) is 5.57. The number of rotatable bonds is 6. The molecule has 0 heterocycles. The van der Waals surface area contributed by atoms with Crippen LogP contribution in [0.3, 0.4) is 0 Å². The van der Waals surface area contributed by atoms with Gasteiger partial charge >= 0.3 is 0 Å². The van der Waals surface area contributed by atoms with Crippen molar-refractivity contribution in [3.63, 3.8) is 0 Å². The fourth-order valence-corrected chi connectivity index (χ4v) is 1.84. The lowest BCUT2D eigenvalue weighted by atomic mass is 10.1. The van der Waals surface area contributed by atoms with Gasteiger partial charge in [-0.3, -0.25) is 0 Å². The summed E-state index contributed by atoms with van der Waals surface area (Å²) in [6.07, 6.45) is 0. The third kappa shape index (κ3) is 4.61. The zero-order chi connectivity index (χ0) is 14.4. The zero-order valence-electron chi connectivity index (χ0n) is 12.5. The van der Waals surface area contributed by atoms with Crippen LogP contribution in [0, 0.1) is 12.8 Å². The van der Waals surface area contributed by atoms with Gasteiger partial charge in [-0.05, 0) is 42.7 Å². The summed E-state index contributed by atoms with van der Waals surface area (Å²) in [5.41, 5.74) is 3.69. The van der Waals surface area contributed by atoms with E-state index in [9.17, 15) is 0 Å². The molecule has 0 atom stereocenters. The van der Waals surface area contributed by atoms with Crippen LogP contribution in [-0.2, 0) is 6.54 Å². The van der Waals surface area contributed by atoms with Gasteiger partial charge in [0.2, 0.25) is 0 Å². The number of benzene rings is 2. The maximum Gasteiger partial charge on any atom is 0.119 e. The Labute approximate surface area is 121 Å². The fourth-order valence-electron chi connectivity index (χ4n) is 1.84. The number of anilines is 1. The second kappa shape index (κ2) is 6.99. The van der Waals surface area contributed by atoms with E-state index in [0.717, 1.165) is 24.6 Å². The molecule has 106 valence electrons.